The van der Waals surface area contributed by atoms with Crippen LogP contribution in [0.5, 0.6) is 0 Å². The third kappa shape index (κ3) is 2.67. The van der Waals surface area contributed by atoms with Crippen molar-refractivity contribution in [1.82, 2.24) is 0 Å². The van der Waals surface area contributed by atoms with Gasteiger partial charge in [0.2, 0.25) is 0 Å². The second-order valence-corrected chi connectivity index (χ2v) is 15.4. The summed E-state index contributed by atoms with van der Waals surface area (Å²) in [6, 6.07) is 17.9. The summed E-state index contributed by atoms with van der Waals surface area (Å²) in [7, 11) is 0. The van der Waals surface area contributed by atoms with Crippen LogP contribution in [-0.4, -0.2) is 17.8 Å². The third-order valence-corrected chi connectivity index (χ3v) is 14.4. The molecule has 0 N–H and O–H groups in total. The largest absolute Gasteiger partial charge is 0.335 e. The van der Waals surface area contributed by atoms with Crippen LogP contribution in [0.1, 0.15) is 127 Å². The summed E-state index contributed by atoms with van der Waals surface area (Å²) >= 11 is 0. The summed E-state index contributed by atoms with van der Waals surface area (Å²) in [6.07, 6.45) is 15.6. The molecule has 0 amide bonds. The van der Waals surface area contributed by atoms with E-state index in [0.29, 0.717) is 6.71 Å². The van der Waals surface area contributed by atoms with Gasteiger partial charge >= 0.3 is 0 Å². The van der Waals surface area contributed by atoms with Gasteiger partial charge in [-0.05, 0) is 105 Å². The van der Waals surface area contributed by atoms with E-state index in [2.05, 4.69) is 93.8 Å². The first-order chi connectivity index (χ1) is 20.9. The first-order valence-electron chi connectivity index (χ1n) is 17.9. The van der Waals surface area contributed by atoms with Gasteiger partial charge in [0, 0.05) is 33.6 Å². The van der Waals surface area contributed by atoms with Crippen LogP contribution in [-0.2, 0) is 10.8 Å². The Balaban J connectivity index is 1.44. The third-order valence-electron chi connectivity index (χ3n) is 14.4. The van der Waals surface area contributed by atoms with Crippen molar-refractivity contribution >= 4 is 45.9 Å². The Morgan fingerprint density at radius 2 is 1.05 bits per heavy atom. The molecule has 3 aromatic carbocycles. The first kappa shape index (κ1) is 26.7. The predicted molar refractivity (Wildman–Crippen MR) is 185 cm³/mol. The number of anilines is 4. The molecule has 43 heavy (non-hydrogen) atoms. The predicted octanol–water partition coefficient (Wildman–Crippen LogP) is 8.49. The van der Waals surface area contributed by atoms with Gasteiger partial charge in [0.15, 0.2) is 0 Å². The summed E-state index contributed by atoms with van der Waals surface area (Å²) in [5.74, 6) is 0. The number of rotatable bonds is 4. The quantitative estimate of drug-likeness (QED) is 0.291. The molecular formula is C40H49BN2. The maximum Gasteiger partial charge on any atom is 0.252 e. The van der Waals surface area contributed by atoms with E-state index in [-0.39, 0.29) is 21.9 Å². The van der Waals surface area contributed by atoms with Gasteiger partial charge in [0.05, 0.1) is 11.1 Å². The molecule has 9 rings (SSSR count). The monoisotopic (exact) mass is 568 g/mol. The molecule has 0 spiro atoms. The summed E-state index contributed by atoms with van der Waals surface area (Å²) < 4.78 is 0. The van der Waals surface area contributed by atoms with Crippen LogP contribution in [0.25, 0.3) is 0 Å². The molecule has 4 atom stereocenters. The molecule has 4 unspecified atom stereocenters. The number of benzene rings is 3. The van der Waals surface area contributed by atoms with Gasteiger partial charge in [0.25, 0.3) is 6.71 Å². The number of hydrogen-bond donors (Lipinski definition) is 0. The molecule has 4 aliphatic heterocycles. The minimum atomic E-state index is 0.161. The first-order valence-corrected chi connectivity index (χ1v) is 17.9. The second-order valence-electron chi connectivity index (χ2n) is 15.4. The lowest BCUT2D eigenvalue weighted by molar-refractivity contribution is 0.147. The van der Waals surface area contributed by atoms with Crippen LogP contribution >= 0.6 is 0 Å². The topological polar surface area (TPSA) is 6.48 Å². The van der Waals surface area contributed by atoms with Gasteiger partial charge < -0.3 is 9.80 Å². The van der Waals surface area contributed by atoms with Crippen LogP contribution in [0.3, 0.4) is 0 Å². The summed E-state index contributed by atoms with van der Waals surface area (Å²) in [5, 5.41) is 0. The lowest BCUT2D eigenvalue weighted by atomic mass is 9.33. The number of aryl methyl sites for hydroxylation is 2. The van der Waals surface area contributed by atoms with Gasteiger partial charge in [0.1, 0.15) is 0 Å². The Labute approximate surface area is 260 Å². The van der Waals surface area contributed by atoms with Crippen molar-refractivity contribution in [3.05, 3.63) is 64.7 Å². The fourth-order valence-electron chi connectivity index (χ4n) is 12.9. The van der Waals surface area contributed by atoms with Gasteiger partial charge in [-0.1, -0.05) is 94.8 Å². The van der Waals surface area contributed by atoms with Crippen molar-refractivity contribution in [1.29, 1.82) is 0 Å². The minimum Gasteiger partial charge on any atom is -0.335 e. The fraction of sp³-hybridized carbons (Fsp3) is 0.550. The molecule has 2 saturated carbocycles. The van der Waals surface area contributed by atoms with Crippen molar-refractivity contribution in [3.63, 3.8) is 0 Å². The molecule has 2 aliphatic carbocycles. The highest BCUT2D eigenvalue weighted by Gasteiger charge is 2.67. The van der Waals surface area contributed by atoms with E-state index >= 15 is 0 Å². The molecule has 0 aromatic heterocycles. The van der Waals surface area contributed by atoms with Gasteiger partial charge in [-0.15, -0.1) is 0 Å². The Kier molecular flexibility index (Phi) is 5.29. The van der Waals surface area contributed by atoms with Crippen LogP contribution in [0, 0.1) is 13.8 Å². The number of fused-ring (bicyclic) bond motifs is 10. The Morgan fingerprint density at radius 3 is 1.47 bits per heavy atom. The van der Waals surface area contributed by atoms with Gasteiger partial charge in [-0.25, -0.2) is 0 Å². The van der Waals surface area contributed by atoms with Crippen LogP contribution in [0.2, 0.25) is 0 Å². The number of nitrogens with zero attached hydrogens (tertiary/aromatic N) is 2. The molecule has 222 valence electrons. The smallest absolute Gasteiger partial charge is 0.252 e. The van der Waals surface area contributed by atoms with E-state index in [9.17, 15) is 0 Å². The SMILES string of the molecule is CCC12CCCCC1(CC)N1c3cccc4c3B(c3cc(C)cc2c31)c1cc(C)cc2c1N4C1(CC)CCCCC21CC. The van der Waals surface area contributed by atoms with Crippen LogP contribution < -0.4 is 26.2 Å². The zero-order chi connectivity index (χ0) is 29.5. The van der Waals surface area contributed by atoms with Crippen molar-refractivity contribution < 1.29 is 0 Å². The van der Waals surface area contributed by atoms with Crippen molar-refractivity contribution in [2.75, 3.05) is 9.80 Å². The molecule has 0 saturated heterocycles. The average Bonchev–Trinajstić information content (AvgIpc) is 3.45. The maximum atomic E-state index is 2.97. The standard InChI is InChI=1S/C40H49BN2/c1-7-37-18-11-13-20-39(37,9-3)42-32-16-15-17-33-34(32)41(30-24-26(5)22-28(37)35(30)42)31-25-27(6)23-29-36(31)43(33)40(10-4)21-14-12-19-38(29,40)8-2/h15-17,22-25H,7-14,18-21H2,1-6H3. The van der Waals surface area contributed by atoms with Crippen molar-refractivity contribution in [2.24, 2.45) is 0 Å². The molecule has 3 aromatic rings. The lowest BCUT2D eigenvalue weighted by Gasteiger charge is -2.57. The lowest BCUT2D eigenvalue weighted by Crippen LogP contribution is -2.67. The molecule has 6 aliphatic rings. The molecular weight excluding hydrogens is 519 g/mol. The zero-order valence-corrected chi connectivity index (χ0v) is 27.5. The highest BCUT2D eigenvalue weighted by molar-refractivity contribution is 7.00. The Morgan fingerprint density at radius 1 is 0.605 bits per heavy atom. The fourth-order valence-corrected chi connectivity index (χ4v) is 12.9. The van der Waals surface area contributed by atoms with E-state index in [1.54, 1.807) is 38.9 Å². The molecule has 4 heterocycles. The normalized spacial score (nSPS) is 32.3. The molecule has 0 radical (unpaired) electrons. The molecule has 2 fully saturated rings. The number of hydrogen-bond acceptors (Lipinski definition) is 2. The summed E-state index contributed by atoms with van der Waals surface area (Å²) in [4.78, 5) is 5.94. The second kappa shape index (κ2) is 8.52. The average molecular weight is 569 g/mol. The highest BCUT2D eigenvalue weighted by atomic mass is 15.3. The van der Waals surface area contributed by atoms with Gasteiger partial charge in [-0.2, -0.15) is 0 Å². The van der Waals surface area contributed by atoms with Crippen molar-refractivity contribution in [2.45, 2.75) is 141 Å². The molecule has 0 bridgehead atoms. The van der Waals surface area contributed by atoms with E-state index in [4.69, 9.17) is 0 Å². The highest BCUT2D eigenvalue weighted by Crippen LogP contribution is 2.67. The van der Waals surface area contributed by atoms with Crippen molar-refractivity contribution in [3.8, 4) is 0 Å². The molecule has 2 nitrogen and oxygen atoms in total. The van der Waals surface area contributed by atoms with Gasteiger partial charge in [-0.3, -0.25) is 0 Å². The minimum absolute atomic E-state index is 0.161. The van der Waals surface area contributed by atoms with E-state index in [1.807, 2.05) is 0 Å². The van der Waals surface area contributed by atoms with E-state index in [1.165, 1.54) is 99.6 Å². The van der Waals surface area contributed by atoms with Crippen LogP contribution in [0.15, 0.2) is 42.5 Å². The molecule has 3 heteroatoms. The van der Waals surface area contributed by atoms with E-state index in [0.717, 1.165) is 0 Å². The summed E-state index contributed by atoms with van der Waals surface area (Å²) in [5.41, 5.74) is 18.1. The zero-order valence-electron chi connectivity index (χ0n) is 27.5. The maximum absolute atomic E-state index is 2.97. The Hall–Kier alpha value is -2.68. The Bertz CT molecular complexity index is 1590. The van der Waals surface area contributed by atoms with E-state index < -0.39 is 0 Å². The summed E-state index contributed by atoms with van der Waals surface area (Å²) in [6.45, 7) is 15.1. The van der Waals surface area contributed by atoms with Crippen LogP contribution in [0.4, 0.5) is 22.7 Å².